The van der Waals surface area contributed by atoms with Crippen LogP contribution in [0.5, 0.6) is 0 Å². The summed E-state index contributed by atoms with van der Waals surface area (Å²) < 4.78 is 2.24. The van der Waals surface area contributed by atoms with Crippen molar-refractivity contribution in [2.24, 2.45) is 0 Å². The molecule has 0 amide bonds. The molecule has 13 heavy (non-hydrogen) atoms. The Balaban J connectivity index is 2.53. The Morgan fingerprint density at radius 2 is 2.00 bits per heavy atom. The minimum absolute atomic E-state index is 1.04. The molecule has 72 valence electrons. The Bertz CT molecular complexity index is 274. The minimum atomic E-state index is 1.04. The fourth-order valence-electron chi connectivity index (χ4n) is 1.10. The predicted octanol–water partition coefficient (Wildman–Crippen LogP) is 3.36. The van der Waals surface area contributed by atoms with Gasteiger partial charge in [0.15, 0.2) is 0 Å². The fourth-order valence-corrected chi connectivity index (χ4v) is 1.78. The second-order valence-electron chi connectivity index (χ2n) is 2.85. The van der Waals surface area contributed by atoms with Crippen molar-refractivity contribution in [1.82, 2.24) is 5.32 Å². The van der Waals surface area contributed by atoms with Gasteiger partial charge in [-0.3, -0.25) is 0 Å². The number of rotatable bonds is 4. The summed E-state index contributed by atoms with van der Waals surface area (Å²) >= 11 is 6.94. The van der Waals surface area contributed by atoms with Gasteiger partial charge in [0.2, 0.25) is 0 Å². The third-order valence-electron chi connectivity index (χ3n) is 1.82. The van der Waals surface area contributed by atoms with E-state index in [9.17, 15) is 0 Å². The molecule has 0 aromatic heterocycles. The lowest BCUT2D eigenvalue weighted by molar-refractivity contribution is 0.716. The molecule has 1 nitrogen and oxygen atoms in total. The highest BCUT2D eigenvalue weighted by molar-refractivity contribution is 9.13. The third-order valence-corrected chi connectivity index (χ3v) is 3.70. The van der Waals surface area contributed by atoms with Crippen LogP contribution in [0.4, 0.5) is 0 Å². The van der Waals surface area contributed by atoms with E-state index in [-0.39, 0.29) is 0 Å². The van der Waals surface area contributed by atoms with Gasteiger partial charge < -0.3 is 5.32 Å². The van der Waals surface area contributed by atoms with E-state index in [1.54, 1.807) is 0 Å². The van der Waals surface area contributed by atoms with Crippen molar-refractivity contribution in [2.45, 2.75) is 13.3 Å². The average molecular weight is 307 g/mol. The zero-order valence-corrected chi connectivity index (χ0v) is 10.8. The summed E-state index contributed by atoms with van der Waals surface area (Å²) in [7, 11) is 0. The van der Waals surface area contributed by atoms with E-state index in [2.05, 4.69) is 62.3 Å². The second-order valence-corrected chi connectivity index (χ2v) is 4.56. The van der Waals surface area contributed by atoms with Gasteiger partial charge in [0.25, 0.3) is 0 Å². The Morgan fingerprint density at radius 3 is 2.62 bits per heavy atom. The van der Waals surface area contributed by atoms with Crippen molar-refractivity contribution in [1.29, 1.82) is 0 Å². The molecule has 0 saturated heterocycles. The molecule has 1 rings (SSSR count). The lowest BCUT2D eigenvalue weighted by Crippen LogP contribution is -2.15. The fraction of sp³-hybridized carbons (Fsp3) is 0.400. The summed E-state index contributed by atoms with van der Waals surface area (Å²) in [6.45, 7) is 4.21. The smallest absolute Gasteiger partial charge is 0.0320 e. The van der Waals surface area contributed by atoms with Crippen LogP contribution in [-0.2, 0) is 6.42 Å². The molecular formula is C10H13Br2N. The van der Waals surface area contributed by atoms with Crippen molar-refractivity contribution in [3.63, 3.8) is 0 Å². The van der Waals surface area contributed by atoms with Gasteiger partial charge in [0.1, 0.15) is 0 Å². The molecule has 0 aliphatic carbocycles. The summed E-state index contributed by atoms with van der Waals surface area (Å²) in [5.74, 6) is 0. The van der Waals surface area contributed by atoms with E-state index < -0.39 is 0 Å². The molecule has 1 aromatic carbocycles. The molecule has 0 spiro atoms. The molecule has 0 bridgehead atoms. The zero-order valence-electron chi connectivity index (χ0n) is 7.61. The topological polar surface area (TPSA) is 12.0 Å². The van der Waals surface area contributed by atoms with Crippen molar-refractivity contribution in [2.75, 3.05) is 13.1 Å². The predicted molar refractivity (Wildman–Crippen MR) is 64.1 cm³/mol. The maximum Gasteiger partial charge on any atom is 0.0320 e. The monoisotopic (exact) mass is 305 g/mol. The normalized spacial score (nSPS) is 10.4. The SMILES string of the molecule is CCNCCc1ccc(Br)c(Br)c1. The van der Waals surface area contributed by atoms with E-state index in [4.69, 9.17) is 0 Å². The standard InChI is InChI=1S/C10H13Br2N/c1-2-13-6-5-8-3-4-9(11)10(12)7-8/h3-4,7,13H,2,5-6H2,1H3. The number of nitrogens with one attached hydrogen (secondary N) is 1. The second kappa shape index (κ2) is 5.78. The lowest BCUT2D eigenvalue weighted by Gasteiger charge is -2.03. The molecule has 0 aliphatic heterocycles. The van der Waals surface area contributed by atoms with E-state index in [0.29, 0.717) is 0 Å². The van der Waals surface area contributed by atoms with Crippen LogP contribution in [-0.4, -0.2) is 13.1 Å². The third kappa shape index (κ3) is 3.79. The van der Waals surface area contributed by atoms with Crippen LogP contribution in [0.15, 0.2) is 27.1 Å². The van der Waals surface area contributed by atoms with Gasteiger partial charge in [-0.1, -0.05) is 13.0 Å². The van der Waals surface area contributed by atoms with Crippen molar-refractivity contribution >= 4 is 31.9 Å². The molecule has 0 radical (unpaired) electrons. The van der Waals surface area contributed by atoms with Gasteiger partial charge in [-0.25, -0.2) is 0 Å². The summed E-state index contributed by atoms with van der Waals surface area (Å²) in [5.41, 5.74) is 1.36. The lowest BCUT2D eigenvalue weighted by atomic mass is 10.1. The van der Waals surface area contributed by atoms with Crippen molar-refractivity contribution in [3.05, 3.63) is 32.7 Å². The first kappa shape index (κ1) is 11.2. The first-order valence-electron chi connectivity index (χ1n) is 4.38. The first-order valence-corrected chi connectivity index (χ1v) is 5.97. The highest BCUT2D eigenvalue weighted by Crippen LogP contribution is 2.23. The van der Waals surface area contributed by atoms with Gasteiger partial charge in [-0.2, -0.15) is 0 Å². The van der Waals surface area contributed by atoms with Gasteiger partial charge in [0.05, 0.1) is 0 Å². The largest absolute Gasteiger partial charge is 0.317 e. The number of hydrogen-bond donors (Lipinski definition) is 1. The summed E-state index contributed by atoms with van der Waals surface area (Å²) in [5, 5.41) is 3.30. The van der Waals surface area contributed by atoms with Gasteiger partial charge in [-0.15, -0.1) is 0 Å². The average Bonchev–Trinajstić information content (AvgIpc) is 2.12. The van der Waals surface area contributed by atoms with Gasteiger partial charge in [-0.05, 0) is 69.1 Å². The van der Waals surface area contributed by atoms with Crippen LogP contribution in [0.2, 0.25) is 0 Å². The molecule has 0 saturated carbocycles. The van der Waals surface area contributed by atoms with Crippen LogP contribution < -0.4 is 5.32 Å². The number of likely N-dealkylation sites (N-methyl/N-ethyl adjacent to an activating group) is 1. The van der Waals surface area contributed by atoms with Gasteiger partial charge in [0, 0.05) is 8.95 Å². The molecule has 1 aromatic rings. The summed E-state index contributed by atoms with van der Waals surface area (Å²) in [6, 6.07) is 6.37. The van der Waals surface area contributed by atoms with Crippen LogP contribution in [0.1, 0.15) is 12.5 Å². The van der Waals surface area contributed by atoms with Crippen LogP contribution in [0.3, 0.4) is 0 Å². The molecule has 0 atom stereocenters. The van der Waals surface area contributed by atoms with E-state index in [1.807, 2.05) is 0 Å². The number of halogens is 2. The van der Waals surface area contributed by atoms with Crippen LogP contribution in [0, 0.1) is 0 Å². The van der Waals surface area contributed by atoms with Gasteiger partial charge >= 0.3 is 0 Å². The van der Waals surface area contributed by atoms with Crippen LogP contribution >= 0.6 is 31.9 Å². The molecule has 0 aliphatic rings. The highest BCUT2D eigenvalue weighted by atomic mass is 79.9. The molecule has 3 heteroatoms. The van der Waals surface area contributed by atoms with Crippen molar-refractivity contribution < 1.29 is 0 Å². The summed E-state index contributed by atoms with van der Waals surface area (Å²) in [6.07, 6.45) is 1.08. The quantitative estimate of drug-likeness (QED) is 0.841. The van der Waals surface area contributed by atoms with E-state index in [1.165, 1.54) is 5.56 Å². The summed E-state index contributed by atoms with van der Waals surface area (Å²) in [4.78, 5) is 0. The van der Waals surface area contributed by atoms with E-state index >= 15 is 0 Å². The first-order chi connectivity index (χ1) is 6.24. The number of benzene rings is 1. The minimum Gasteiger partial charge on any atom is -0.317 e. The number of hydrogen-bond acceptors (Lipinski definition) is 1. The van der Waals surface area contributed by atoms with Crippen molar-refractivity contribution in [3.8, 4) is 0 Å². The Kier molecular flexibility index (Phi) is 4.99. The van der Waals surface area contributed by atoms with E-state index in [0.717, 1.165) is 28.5 Å². The Morgan fingerprint density at radius 1 is 1.23 bits per heavy atom. The maximum absolute atomic E-state index is 3.49. The molecule has 1 N–H and O–H groups in total. The van der Waals surface area contributed by atoms with Crippen LogP contribution in [0.25, 0.3) is 0 Å². The maximum atomic E-state index is 3.49. The Labute approximate surface area is 96.2 Å². The Hall–Kier alpha value is 0.140. The highest BCUT2D eigenvalue weighted by Gasteiger charge is 1.97. The zero-order chi connectivity index (χ0) is 9.68. The molecule has 0 fully saturated rings. The molecule has 0 unspecified atom stereocenters. The molecular weight excluding hydrogens is 294 g/mol. The molecule has 0 heterocycles.